The van der Waals surface area contributed by atoms with Crippen LogP contribution in [0.15, 0.2) is 41.8 Å². The molecular weight excluding hydrogens is 462 g/mol. The van der Waals surface area contributed by atoms with E-state index in [9.17, 15) is 14.7 Å². The maximum atomic E-state index is 13.3. The highest BCUT2D eigenvalue weighted by Crippen LogP contribution is 2.28. The molecule has 3 rings (SSSR count). The van der Waals surface area contributed by atoms with Crippen LogP contribution in [0, 0.1) is 6.92 Å². The third kappa shape index (κ3) is 7.40. The highest BCUT2D eigenvalue weighted by Gasteiger charge is 2.21. The molecule has 0 spiro atoms. The highest BCUT2D eigenvalue weighted by atomic mass is 32.1. The van der Waals surface area contributed by atoms with Crippen molar-refractivity contribution < 1.29 is 19.4 Å². The maximum Gasteiger partial charge on any atom is 0.305 e. The van der Waals surface area contributed by atoms with Crippen molar-refractivity contribution in [3.8, 4) is 0 Å². The molecule has 3 aromatic rings. The Morgan fingerprint density at radius 1 is 1.14 bits per heavy atom. The van der Waals surface area contributed by atoms with Gasteiger partial charge in [0.15, 0.2) is 0 Å². The third-order valence-corrected chi connectivity index (χ3v) is 7.04. The van der Waals surface area contributed by atoms with E-state index in [0.717, 1.165) is 53.6 Å². The SMILES string of the molecule is CCN(C(=O)Cn1c(C(O)NCCCCCCCC(=O)OC)cc2sccc21)c1cccc(C)c1. The Morgan fingerprint density at radius 2 is 1.91 bits per heavy atom. The van der Waals surface area contributed by atoms with Crippen molar-refractivity contribution >= 4 is 39.1 Å². The van der Waals surface area contributed by atoms with E-state index < -0.39 is 6.23 Å². The molecule has 0 fully saturated rings. The number of likely N-dealkylation sites (N-methyl/N-ethyl adjacent to an activating group) is 1. The van der Waals surface area contributed by atoms with Crippen LogP contribution in [0.3, 0.4) is 0 Å². The van der Waals surface area contributed by atoms with Crippen molar-refractivity contribution in [3.05, 3.63) is 53.0 Å². The van der Waals surface area contributed by atoms with Gasteiger partial charge in [-0.15, -0.1) is 11.3 Å². The quantitative estimate of drug-likeness (QED) is 0.182. The Labute approximate surface area is 211 Å². The van der Waals surface area contributed by atoms with E-state index in [1.54, 1.807) is 16.2 Å². The number of carbonyl (C=O) groups is 2. The minimum atomic E-state index is -0.851. The number of aryl methyl sites for hydroxylation is 1. The van der Waals surface area contributed by atoms with Gasteiger partial charge in [0.1, 0.15) is 12.8 Å². The number of aliphatic hydroxyl groups excluding tert-OH is 1. The highest BCUT2D eigenvalue weighted by molar-refractivity contribution is 7.17. The van der Waals surface area contributed by atoms with Crippen molar-refractivity contribution in [2.75, 3.05) is 25.1 Å². The standard InChI is InChI=1S/C27H37N3O4S/c1-4-29(21-12-10-11-20(2)17-21)25(31)19-30-22-14-16-35-24(22)18-23(30)27(33)28-15-9-7-5-6-8-13-26(32)34-3/h10-12,14,16-18,27-28,33H,4-9,13,15,19H2,1-3H3. The molecule has 2 N–H and O–H groups in total. The fraction of sp³-hybridized carbons (Fsp3) is 0.481. The number of methoxy groups -OCH3 is 1. The topological polar surface area (TPSA) is 83.8 Å². The fourth-order valence-corrected chi connectivity index (χ4v) is 5.12. The first-order chi connectivity index (χ1) is 16.9. The molecule has 0 bridgehead atoms. The second-order valence-electron chi connectivity index (χ2n) is 8.75. The molecule has 2 heterocycles. The molecule has 8 heteroatoms. The van der Waals surface area contributed by atoms with Crippen molar-refractivity contribution in [1.29, 1.82) is 0 Å². The number of unbranched alkanes of at least 4 members (excludes halogenated alkanes) is 4. The zero-order valence-electron chi connectivity index (χ0n) is 21.0. The van der Waals surface area contributed by atoms with Crippen molar-refractivity contribution in [3.63, 3.8) is 0 Å². The number of fused-ring (bicyclic) bond motifs is 1. The summed E-state index contributed by atoms with van der Waals surface area (Å²) in [5.74, 6) is -0.167. The lowest BCUT2D eigenvalue weighted by Gasteiger charge is -2.23. The molecule has 1 unspecified atom stereocenters. The molecule has 0 aliphatic heterocycles. The molecule has 2 aromatic heterocycles. The van der Waals surface area contributed by atoms with Crippen LogP contribution in [-0.2, 0) is 20.9 Å². The number of benzene rings is 1. The maximum absolute atomic E-state index is 13.3. The average molecular weight is 500 g/mol. The summed E-state index contributed by atoms with van der Waals surface area (Å²) in [7, 11) is 1.42. The number of nitrogens with one attached hydrogen (secondary N) is 1. The normalized spacial score (nSPS) is 12.1. The van der Waals surface area contributed by atoms with Crippen LogP contribution < -0.4 is 10.2 Å². The number of thiophene rings is 1. The minimum Gasteiger partial charge on any atom is -0.469 e. The van der Waals surface area contributed by atoms with E-state index >= 15 is 0 Å². The summed E-state index contributed by atoms with van der Waals surface area (Å²) < 4.78 is 7.64. The first kappa shape index (κ1) is 26.9. The molecule has 0 saturated carbocycles. The second kappa shape index (κ2) is 13.4. The number of carbonyl (C=O) groups excluding carboxylic acids is 2. The average Bonchev–Trinajstić information content (AvgIpc) is 3.43. The Bertz CT molecular complexity index is 1110. The number of hydrogen-bond donors (Lipinski definition) is 2. The van der Waals surface area contributed by atoms with Crippen LogP contribution in [0.1, 0.15) is 62.9 Å². The van der Waals surface area contributed by atoms with Crippen LogP contribution >= 0.6 is 11.3 Å². The van der Waals surface area contributed by atoms with Gasteiger partial charge in [-0.25, -0.2) is 0 Å². The zero-order valence-corrected chi connectivity index (χ0v) is 21.8. The van der Waals surface area contributed by atoms with Gasteiger partial charge in [0.2, 0.25) is 5.91 Å². The smallest absolute Gasteiger partial charge is 0.305 e. The van der Waals surface area contributed by atoms with Crippen LogP contribution in [0.2, 0.25) is 0 Å². The molecule has 35 heavy (non-hydrogen) atoms. The molecular formula is C27H37N3O4S. The molecule has 0 aliphatic carbocycles. The van der Waals surface area contributed by atoms with E-state index in [1.165, 1.54) is 7.11 Å². The number of anilines is 1. The number of ether oxygens (including phenoxy) is 1. The van der Waals surface area contributed by atoms with Gasteiger partial charge in [-0.2, -0.15) is 0 Å². The molecule has 1 amide bonds. The molecule has 1 aromatic carbocycles. The summed E-state index contributed by atoms with van der Waals surface area (Å²) in [6, 6.07) is 11.9. The summed E-state index contributed by atoms with van der Waals surface area (Å²) in [5.41, 5.74) is 3.67. The van der Waals surface area contributed by atoms with Gasteiger partial charge in [-0.05, 0) is 68.4 Å². The third-order valence-electron chi connectivity index (χ3n) is 6.18. The molecule has 0 aliphatic rings. The summed E-state index contributed by atoms with van der Waals surface area (Å²) in [4.78, 5) is 26.3. The molecule has 0 saturated heterocycles. The van der Waals surface area contributed by atoms with Gasteiger partial charge in [0.25, 0.3) is 0 Å². The minimum absolute atomic E-state index is 0.0118. The Hall–Kier alpha value is -2.68. The lowest BCUT2D eigenvalue weighted by atomic mass is 10.1. The van der Waals surface area contributed by atoms with E-state index in [-0.39, 0.29) is 18.4 Å². The van der Waals surface area contributed by atoms with Crippen LogP contribution in [0.4, 0.5) is 5.69 Å². The van der Waals surface area contributed by atoms with Crippen molar-refractivity contribution in [2.45, 2.75) is 65.1 Å². The number of hydrogen-bond acceptors (Lipinski definition) is 6. The summed E-state index contributed by atoms with van der Waals surface area (Å²) >= 11 is 1.60. The number of amides is 1. The van der Waals surface area contributed by atoms with E-state index in [4.69, 9.17) is 0 Å². The van der Waals surface area contributed by atoms with E-state index in [1.807, 2.05) is 60.2 Å². The lowest BCUT2D eigenvalue weighted by Crippen LogP contribution is -2.35. The number of esters is 1. The zero-order chi connectivity index (χ0) is 25.2. The number of aliphatic hydroxyl groups is 1. The first-order valence-electron chi connectivity index (χ1n) is 12.4. The van der Waals surface area contributed by atoms with Crippen LogP contribution in [0.25, 0.3) is 10.2 Å². The summed E-state index contributed by atoms with van der Waals surface area (Å²) in [6.45, 7) is 5.41. The van der Waals surface area contributed by atoms with E-state index in [2.05, 4.69) is 10.1 Å². The second-order valence-corrected chi connectivity index (χ2v) is 9.70. The van der Waals surface area contributed by atoms with E-state index in [0.29, 0.717) is 25.2 Å². The molecule has 1 atom stereocenters. The van der Waals surface area contributed by atoms with Gasteiger partial charge >= 0.3 is 5.97 Å². The first-order valence-corrected chi connectivity index (χ1v) is 13.2. The Kier molecular flexibility index (Phi) is 10.3. The number of rotatable bonds is 14. The molecule has 190 valence electrons. The van der Waals surface area contributed by atoms with Crippen molar-refractivity contribution in [2.24, 2.45) is 0 Å². The molecule has 7 nitrogen and oxygen atoms in total. The van der Waals surface area contributed by atoms with Gasteiger partial charge in [0.05, 0.1) is 23.0 Å². The summed E-state index contributed by atoms with van der Waals surface area (Å²) in [5, 5.41) is 16.1. The van der Waals surface area contributed by atoms with Gasteiger partial charge < -0.3 is 19.3 Å². The predicted octanol–water partition coefficient (Wildman–Crippen LogP) is 5.16. The fourth-order valence-electron chi connectivity index (χ4n) is 4.29. The predicted molar refractivity (Wildman–Crippen MR) is 142 cm³/mol. The summed E-state index contributed by atoms with van der Waals surface area (Å²) in [6.07, 6.45) is 4.46. The Morgan fingerprint density at radius 3 is 2.66 bits per heavy atom. The van der Waals surface area contributed by atoms with Gasteiger partial charge in [-0.3, -0.25) is 14.9 Å². The molecule has 0 radical (unpaired) electrons. The lowest BCUT2D eigenvalue weighted by molar-refractivity contribution is -0.140. The van der Waals surface area contributed by atoms with Gasteiger partial charge in [-0.1, -0.05) is 31.4 Å². The van der Waals surface area contributed by atoms with Crippen molar-refractivity contribution in [1.82, 2.24) is 9.88 Å². The largest absolute Gasteiger partial charge is 0.469 e. The number of nitrogens with zero attached hydrogens (tertiary/aromatic N) is 2. The van der Waals surface area contributed by atoms with Crippen LogP contribution in [0.5, 0.6) is 0 Å². The van der Waals surface area contributed by atoms with Gasteiger partial charge in [0, 0.05) is 18.7 Å². The Balaban J connectivity index is 1.58. The number of aromatic nitrogens is 1. The monoisotopic (exact) mass is 499 g/mol. The van der Waals surface area contributed by atoms with Crippen LogP contribution in [-0.4, -0.2) is 41.7 Å².